The van der Waals surface area contributed by atoms with E-state index in [1.807, 2.05) is 12.3 Å². The lowest BCUT2D eigenvalue weighted by Crippen LogP contribution is -2.49. The monoisotopic (exact) mass is 386 g/mol. The third kappa shape index (κ3) is 4.03. The van der Waals surface area contributed by atoms with E-state index in [9.17, 15) is 13.6 Å². The van der Waals surface area contributed by atoms with E-state index >= 15 is 0 Å². The van der Waals surface area contributed by atoms with Crippen LogP contribution in [-0.4, -0.2) is 46.5 Å². The van der Waals surface area contributed by atoms with Crippen molar-refractivity contribution in [2.24, 2.45) is 0 Å². The van der Waals surface area contributed by atoms with Crippen LogP contribution in [0.4, 0.5) is 20.3 Å². The van der Waals surface area contributed by atoms with Crippen molar-refractivity contribution in [1.82, 2.24) is 20.3 Å². The molecular weight excluding hydrogens is 366 g/mol. The maximum atomic E-state index is 13.2. The van der Waals surface area contributed by atoms with E-state index < -0.39 is 11.6 Å². The fourth-order valence-corrected chi connectivity index (χ4v) is 3.51. The number of aromatic nitrogens is 3. The fourth-order valence-electron chi connectivity index (χ4n) is 3.51. The van der Waals surface area contributed by atoms with Crippen LogP contribution < -0.4 is 15.5 Å². The Morgan fingerprint density at radius 2 is 2.07 bits per heavy atom. The van der Waals surface area contributed by atoms with Crippen molar-refractivity contribution < 1.29 is 13.6 Å². The van der Waals surface area contributed by atoms with Gasteiger partial charge in [0, 0.05) is 37.1 Å². The molecule has 1 amide bonds. The third-order valence-electron chi connectivity index (χ3n) is 4.73. The van der Waals surface area contributed by atoms with Gasteiger partial charge in [0.05, 0.1) is 11.9 Å². The number of halogens is 2. The predicted octanol–water partition coefficient (Wildman–Crippen LogP) is 2.43. The highest BCUT2D eigenvalue weighted by Crippen LogP contribution is 2.25. The molecule has 2 aromatic heterocycles. The van der Waals surface area contributed by atoms with Gasteiger partial charge in [0.1, 0.15) is 29.4 Å². The minimum absolute atomic E-state index is 0.0312. The molecule has 0 bridgehead atoms. The van der Waals surface area contributed by atoms with Gasteiger partial charge in [-0.25, -0.2) is 18.7 Å². The van der Waals surface area contributed by atoms with Crippen molar-refractivity contribution in [1.29, 1.82) is 0 Å². The van der Waals surface area contributed by atoms with Crippen molar-refractivity contribution >= 4 is 28.4 Å². The minimum Gasteiger partial charge on any atom is -0.376 e. The molecule has 1 atom stereocenters. The van der Waals surface area contributed by atoms with Crippen LogP contribution in [0.2, 0.25) is 0 Å². The van der Waals surface area contributed by atoms with E-state index in [1.54, 1.807) is 0 Å². The van der Waals surface area contributed by atoms with Gasteiger partial charge in [0.25, 0.3) is 0 Å². The van der Waals surface area contributed by atoms with Crippen LogP contribution in [0, 0.1) is 11.6 Å². The number of rotatable bonds is 5. The summed E-state index contributed by atoms with van der Waals surface area (Å²) < 4.78 is 26.4. The molecule has 0 radical (unpaired) electrons. The Hall–Kier alpha value is -3.23. The standard InChI is InChI=1S/C19H20F2N6O/c20-12-6-13(21)8-15(7-12)23-9-17(28)26-14-2-1-5-27(10-14)19-16-3-4-22-18(16)24-11-25-19/h3-4,6-8,11,14,23H,1-2,5,9-10H2,(H,26,28)(H,22,24,25). The Bertz CT molecular complexity index is 971. The first kappa shape index (κ1) is 18.1. The topological polar surface area (TPSA) is 85.9 Å². The number of aromatic amines is 1. The number of piperidine rings is 1. The zero-order valence-electron chi connectivity index (χ0n) is 15.1. The van der Waals surface area contributed by atoms with Crippen LogP contribution in [0.15, 0.2) is 36.8 Å². The van der Waals surface area contributed by atoms with Crippen LogP contribution in [-0.2, 0) is 4.79 Å². The first-order chi connectivity index (χ1) is 13.6. The van der Waals surface area contributed by atoms with Crippen molar-refractivity contribution in [3.8, 4) is 0 Å². The number of nitrogens with one attached hydrogen (secondary N) is 3. The number of benzene rings is 1. The predicted molar refractivity (Wildman–Crippen MR) is 102 cm³/mol. The van der Waals surface area contributed by atoms with Gasteiger partial charge in [-0.05, 0) is 31.0 Å². The molecule has 7 nitrogen and oxygen atoms in total. The average molecular weight is 386 g/mol. The molecular formula is C19H20F2N6O. The molecule has 146 valence electrons. The summed E-state index contributed by atoms with van der Waals surface area (Å²) in [5, 5.41) is 6.68. The van der Waals surface area contributed by atoms with Crippen LogP contribution >= 0.6 is 0 Å². The maximum Gasteiger partial charge on any atom is 0.239 e. The third-order valence-corrected chi connectivity index (χ3v) is 4.73. The van der Waals surface area contributed by atoms with Gasteiger partial charge < -0.3 is 20.5 Å². The van der Waals surface area contributed by atoms with Crippen molar-refractivity contribution in [2.75, 3.05) is 29.9 Å². The van der Waals surface area contributed by atoms with Crippen LogP contribution in [0.3, 0.4) is 0 Å². The zero-order valence-corrected chi connectivity index (χ0v) is 15.1. The molecule has 1 fully saturated rings. The molecule has 1 unspecified atom stereocenters. The van der Waals surface area contributed by atoms with E-state index in [2.05, 4.69) is 30.5 Å². The number of hydrogen-bond donors (Lipinski definition) is 3. The quantitative estimate of drug-likeness (QED) is 0.627. The summed E-state index contributed by atoms with van der Waals surface area (Å²) in [5.74, 6) is -0.761. The lowest BCUT2D eigenvalue weighted by Gasteiger charge is -2.34. The number of carbonyl (C=O) groups excluding carboxylic acids is 1. The van der Waals surface area contributed by atoms with Gasteiger partial charge in [0.15, 0.2) is 0 Å². The van der Waals surface area contributed by atoms with E-state index in [1.165, 1.54) is 6.33 Å². The highest BCUT2D eigenvalue weighted by Gasteiger charge is 2.23. The van der Waals surface area contributed by atoms with E-state index in [0.29, 0.717) is 6.54 Å². The second kappa shape index (κ2) is 7.79. The Morgan fingerprint density at radius 3 is 2.89 bits per heavy atom. The lowest BCUT2D eigenvalue weighted by atomic mass is 10.1. The summed E-state index contributed by atoms with van der Waals surface area (Å²) >= 11 is 0. The van der Waals surface area contributed by atoms with Gasteiger partial charge >= 0.3 is 0 Å². The Balaban J connectivity index is 1.36. The smallest absolute Gasteiger partial charge is 0.239 e. The molecule has 1 aromatic carbocycles. The fraction of sp³-hybridized carbons (Fsp3) is 0.316. The van der Waals surface area contributed by atoms with Gasteiger partial charge in [-0.2, -0.15) is 0 Å². The minimum atomic E-state index is -0.688. The first-order valence-electron chi connectivity index (χ1n) is 9.11. The number of nitrogens with zero attached hydrogens (tertiary/aromatic N) is 3. The molecule has 28 heavy (non-hydrogen) atoms. The molecule has 1 aliphatic rings. The van der Waals surface area contributed by atoms with Crippen molar-refractivity contribution in [3.05, 3.63) is 48.4 Å². The average Bonchev–Trinajstić information content (AvgIpc) is 3.15. The largest absolute Gasteiger partial charge is 0.376 e. The number of amides is 1. The van der Waals surface area contributed by atoms with Crippen LogP contribution in [0.5, 0.6) is 0 Å². The van der Waals surface area contributed by atoms with E-state index in [0.717, 1.165) is 54.4 Å². The van der Waals surface area contributed by atoms with E-state index in [4.69, 9.17) is 0 Å². The molecule has 3 heterocycles. The summed E-state index contributed by atoms with van der Waals surface area (Å²) in [4.78, 5) is 26.1. The number of carbonyl (C=O) groups is 1. The Morgan fingerprint density at radius 1 is 1.25 bits per heavy atom. The molecule has 0 spiro atoms. The zero-order chi connectivity index (χ0) is 19.5. The second-order valence-electron chi connectivity index (χ2n) is 6.80. The van der Waals surface area contributed by atoms with Gasteiger partial charge in [-0.3, -0.25) is 4.79 Å². The summed E-state index contributed by atoms with van der Waals surface area (Å²) in [5.41, 5.74) is 1.01. The first-order valence-corrected chi connectivity index (χ1v) is 9.11. The summed E-state index contributed by atoms with van der Waals surface area (Å²) in [6.07, 6.45) is 5.13. The number of H-pyrrole nitrogens is 1. The number of hydrogen-bond acceptors (Lipinski definition) is 5. The maximum absolute atomic E-state index is 13.2. The van der Waals surface area contributed by atoms with Crippen LogP contribution in [0.25, 0.3) is 11.0 Å². The number of anilines is 2. The summed E-state index contributed by atoms with van der Waals surface area (Å²) in [6.45, 7) is 1.43. The van der Waals surface area contributed by atoms with Gasteiger partial charge in [0.2, 0.25) is 5.91 Å². The molecule has 1 aliphatic heterocycles. The molecule has 9 heteroatoms. The molecule has 1 saturated heterocycles. The van der Waals surface area contributed by atoms with Gasteiger partial charge in [-0.15, -0.1) is 0 Å². The van der Waals surface area contributed by atoms with E-state index in [-0.39, 0.29) is 24.2 Å². The van der Waals surface area contributed by atoms with Gasteiger partial charge in [-0.1, -0.05) is 0 Å². The highest BCUT2D eigenvalue weighted by molar-refractivity contribution is 5.87. The Kier molecular flexibility index (Phi) is 5.05. The normalized spacial score (nSPS) is 16.9. The summed E-state index contributed by atoms with van der Waals surface area (Å²) in [7, 11) is 0. The lowest BCUT2D eigenvalue weighted by molar-refractivity contribution is -0.120. The molecule has 3 aromatic rings. The van der Waals surface area contributed by atoms with Crippen molar-refractivity contribution in [2.45, 2.75) is 18.9 Å². The summed E-state index contributed by atoms with van der Waals surface area (Å²) in [6, 6.07) is 4.99. The number of fused-ring (bicyclic) bond motifs is 1. The highest BCUT2D eigenvalue weighted by atomic mass is 19.1. The molecule has 4 rings (SSSR count). The second-order valence-corrected chi connectivity index (χ2v) is 6.80. The van der Waals surface area contributed by atoms with Crippen molar-refractivity contribution in [3.63, 3.8) is 0 Å². The SMILES string of the molecule is O=C(CNc1cc(F)cc(F)c1)NC1CCCN(c2ncnc3[nH]ccc23)C1. The van der Waals surface area contributed by atoms with Crippen LogP contribution in [0.1, 0.15) is 12.8 Å². The Labute approximate surface area is 160 Å². The molecule has 3 N–H and O–H groups in total. The molecule has 0 saturated carbocycles. The molecule has 0 aliphatic carbocycles.